The Balaban J connectivity index is 1.43. The molecule has 168 valence electrons. The number of rotatable bonds is 9. The molecule has 1 aliphatic rings. The third-order valence-corrected chi connectivity index (χ3v) is 6.24. The number of hydrogen-bond acceptors (Lipinski definition) is 3. The predicted molar refractivity (Wildman–Crippen MR) is 122 cm³/mol. The molecule has 2 aromatic carbocycles. The average molecular weight is 428 g/mol. The monoisotopic (exact) mass is 427 g/mol. The van der Waals surface area contributed by atoms with Crippen LogP contribution >= 0.6 is 0 Å². The Morgan fingerprint density at radius 3 is 2.16 bits per heavy atom. The lowest BCUT2D eigenvalue weighted by Gasteiger charge is -2.29. The zero-order valence-electron chi connectivity index (χ0n) is 19.3. The van der Waals surface area contributed by atoms with Crippen LogP contribution in [0.4, 0.5) is 0 Å². The van der Waals surface area contributed by atoms with E-state index < -0.39 is 0 Å². The third-order valence-electron chi connectivity index (χ3n) is 6.24. The Bertz CT molecular complexity index is 846. The van der Waals surface area contributed by atoms with Gasteiger partial charge in [-0.05, 0) is 42.7 Å². The summed E-state index contributed by atoms with van der Waals surface area (Å²) in [6.07, 6.45) is 1.03. The molecule has 3 rings (SSSR count). The van der Waals surface area contributed by atoms with Gasteiger partial charge in [-0.3, -0.25) is 4.79 Å². The summed E-state index contributed by atoms with van der Waals surface area (Å²) < 4.78 is 10.7. The van der Waals surface area contributed by atoms with Crippen LogP contribution in [-0.4, -0.2) is 52.9 Å². The second kappa shape index (κ2) is 11.2. The minimum atomic E-state index is 0.0368. The summed E-state index contributed by atoms with van der Waals surface area (Å²) in [5.41, 5.74) is 3.72. The summed E-state index contributed by atoms with van der Waals surface area (Å²) in [5, 5.41) is 3.16. The summed E-state index contributed by atoms with van der Waals surface area (Å²) in [4.78, 5) is 15.5. The number of amides is 1. The Morgan fingerprint density at radius 1 is 0.935 bits per heavy atom. The molecule has 1 amide bonds. The average Bonchev–Trinajstić information content (AvgIpc) is 2.80. The first-order valence-electron chi connectivity index (χ1n) is 11.3. The lowest BCUT2D eigenvalue weighted by atomic mass is 10.0. The molecule has 1 atom stereocenters. The van der Waals surface area contributed by atoms with Crippen molar-refractivity contribution in [3.8, 4) is 11.5 Å². The van der Waals surface area contributed by atoms with Crippen LogP contribution in [0.3, 0.4) is 0 Å². The van der Waals surface area contributed by atoms with Gasteiger partial charge in [0, 0.05) is 5.56 Å². The van der Waals surface area contributed by atoms with Crippen molar-refractivity contribution in [1.29, 1.82) is 0 Å². The van der Waals surface area contributed by atoms with Crippen molar-refractivity contribution >= 4 is 5.91 Å². The number of carbonyl (C=O) groups excluding carboxylic acids is 1. The van der Waals surface area contributed by atoms with Gasteiger partial charge in [-0.1, -0.05) is 31.2 Å². The molecule has 0 bridgehead atoms. The summed E-state index contributed by atoms with van der Waals surface area (Å²) in [5.74, 6) is 1.67. The topological polar surface area (TPSA) is 56.4 Å². The van der Waals surface area contributed by atoms with Gasteiger partial charge in [0.1, 0.15) is 32.7 Å². The van der Waals surface area contributed by atoms with E-state index in [4.69, 9.17) is 9.47 Å². The van der Waals surface area contributed by atoms with Crippen LogP contribution < -0.4 is 24.6 Å². The Morgan fingerprint density at radius 2 is 1.55 bits per heavy atom. The van der Waals surface area contributed by atoms with E-state index in [0.29, 0.717) is 6.54 Å². The van der Waals surface area contributed by atoms with Gasteiger partial charge < -0.3 is 24.6 Å². The highest BCUT2D eigenvalue weighted by atomic mass is 16.5. The first-order valence-corrected chi connectivity index (χ1v) is 11.3. The maximum absolute atomic E-state index is 12.6. The molecule has 1 aliphatic heterocycles. The smallest absolute Gasteiger partial charge is 0.275 e. The largest absolute Gasteiger partial charge is 0.493 e. The number of quaternary nitrogens is 2. The predicted octanol–water partition coefficient (Wildman–Crippen LogP) is 0.427. The van der Waals surface area contributed by atoms with Crippen molar-refractivity contribution in [2.45, 2.75) is 32.9 Å². The van der Waals surface area contributed by atoms with E-state index in [-0.39, 0.29) is 11.9 Å². The van der Waals surface area contributed by atoms with E-state index in [2.05, 4.69) is 55.6 Å². The minimum absolute atomic E-state index is 0.0368. The molecule has 3 N–H and O–H groups in total. The van der Waals surface area contributed by atoms with Gasteiger partial charge in [0.25, 0.3) is 5.91 Å². The fourth-order valence-electron chi connectivity index (χ4n) is 4.23. The summed E-state index contributed by atoms with van der Waals surface area (Å²) in [6.45, 7) is 9.85. The van der Waals surface area contributed by atoms with Crippen LogP contribution in [0.2, 0.25) is 0 Å². The Hall–Kier alpha value is -2.57. The van der Waals surface area contributed by atoms with E-state index in [1.165, 1.54) is 16.0 Å². The minimum Gasteiger partial charge on any atom is -0.493 e. The highest BCUT2D eigenvalue weighted by Crippen LogP contribution is 2.27. The van der Waals surface area contributed by atoms with Crippen molar-refractivity contribution in [1.82, 2.24) is 5.32 Å². The number of carbonyl (C=O) groups is 1. The van der Waals surface area contributed by atoms with Crippen LogP contribution in [0.5, 0.6) is 11.5 Å². The fraction of sp³-hybridized carbons (Fsp3) is 0.480. The normalized spacial score (nSPS) is 19.5. The Labute approximate surface area is 186 Å². The van der Waals surface area contributed by atoms with E-state index in [9.17, 15) is 4.79 Å². The molecule has 6 heteroatoms. The van der Waals surface area contributed by atoms with E-state index in [1.807, 2.05) is 6.07 Å². The van der Waals surface area contributed by atoms with Crippen molar-refractivity contribution in [3.63, 3.8) is 0 Å². The van der Waals surface area contributed by atoms with E-state index in [1.54, 1.807) is 19.1 Å². The van der Waals surface area contributed by atoms with Gasteiger partial charge >= 0.3 is 0 Å². The van der Waals surface area contributed by atoms with Crippen LogP contribution in [0.25, 0.3) is 0 Å². The lowest BCUT2D eigenvalue weighted by Crippen LogP contribution is -3.28. The van der Waals surface area contributed by atoms with Crippen LogP contribution in [0.1, 0.15) is 36.6 Å². The molecule has 0 radical (unpaired) electrons. The molecule has 0 spiro atoms. The lowest BCUT2D eigenvalue weighted by molar-refractivity contribution is -1.02. The summed E-state index contributed by atoms with van der Waals surface area (Å²) in [6, 6.07) is 14.7. The van der Waals surface area contributed by atoms with Crippen LogP contribution in [0, 0.1) is 0 Å². The second-order valence-corrected chi connectivity index (χ2v) is 8.43. The van der Waals surface area contributed by atoms with Gasteiger partial charge in [0.2, 0.25) is 0 Å². The number of hydrogen-bond donors (Lipinski definition) is 3. The van der Waals surface area contributed by atoms with Gasteiger partial charge in [-0.25, -0.2) is 0 Å². The molecular formula is C25H37N3O3+2. The van der Waals surface area contributed by atoms with Crippen molar-refractivity contribution in [2.75, 3.05) is 46.9 Å². The molecule has 0 unspecified atom stereocenters. The first-order chi connectivity index (χ1) is 15.0. The SMILES string of the molecule is CCc1ccc([C@H](C)NC(=O)C[NH+]2CC[NH+](Cc3ccc(OC)c(OC)c3)CC2)cc1. The number of methoxy groups -OCH3 is 2. The van der Waals surface area contributed by atoms with Crippen LogP contribution in [0.15, 0.2) is 42.5 Å². The number of benzene rings is 2. The molecule has 1 saturated heterocycles. The Kier molecular flexibility index (Phi) is 8.32. The number of nitrogens with one attached hydrogen (secondary N) is 3. The fourth-order valence-corrected chi connectivity index (χ4v) is 4.23. The zero-order valence-corrected chi connectivity index (χ0v) is 19.3. The van der Waals surface area contributed by atoms with Gasteiger partial charge in [0.05, 0.1) is 20.3 Å². The highest BCUT2D eigenvalue weighted by Gasteiger charge is 2.25. The summed E-state index contributed by atoms with van der Waals surface area (Å²) in [7, 11) is 3.33. The van der Waals surface area contributed by atoms with Gasteiger partial charge in [-0.2, -0.15) is 0 Å². The second-order valence-electron chi connectivity index (χ2n) is 8.43. The van der Waals surface area contributed by atoms with Gasteiger partial charge in [-0.15, -0.1) is 0 Å². The standard InChI is InChI=1S/C25H35N3O3/c1-5-20-6-9-22(10-7-20)19(2)26-25(29)18-28-14-12-27(13-15-28)17-21-8-11-23(30-3)24(16-21)31-4/h6-11,16,19H,5,12-15,17-18H2,1-4H3,(H,26,29)/p+2/t19-/m0/s1. The molecule has 0 aromatic heterocycles. The maximum atomic E-state index is 12.6. The van der Waals surface area contributed by atoms with Crippen molar-refractivity contribution in [2.24, 2.45) is 0 Å². The quantitative estimate of drug-likeness (QED) is 0.544. The molecule has 31 heavy (non-hydrogen) atoms. The van der Waals surface area contributed by atoms with Gasteiger partial charge in [0.15, 0.2) is 18.0 Å². The third kappa shape index (κ3) is 6.45. The molecule has 2 aromatic rings. The number of aryl methyl sites for hydroxylation is 1. The zero-order chi connectivity index (χ0) is 22.2. The highest BCUT2D eigenvalue weighted by molar-refractivity contribution is 5.77. The molecule has 6 nitrogen and oxygen atoms in total. The van der Waals surface area contributed by atoms with Crippen LogP contribution in [-0.2, 0) is 17.8 Å². The molecular weight excluding hydrogens is 390 g/mol. The molecule has 1 fully saturated rings. The van der Waals surface area contributed by atoms with E-state index in [0.717, 1.165) is 56.2 Å². The first kappa shape index (κ1) is 23.1. The summed E-state index contributed by atoms with van der Waals surface area (Å²) >= 11 is 0. The molecule has 0 aliphatic carbocycles. The maximum Gasteiger partial charge on any atom is 0.275 e. The molecule has 0 saturated carbocycles. The van der Waals surface area contributed by atoms with Crippen molar-refractivity contribution < 1.29 is 24.1 Å². The number of ether oxygens (including phenoxy) is 2. The van der Waals surface area contributed by atoms with Crippen molar-refractivity contribution in [3.05, 3.63) is 59.2 Å². The molecule has 1 heterocycles. The van der Waals surface area contributed by atoms with E-state index >= 15 is 0 Å². The number of piperazine rings is 1.